The molecule has 15 heavy (non-hydrogen) atoms. The lowest BCUT2D eigenvalue weighted by atomic mass is 10.2. The number of hydrogen-bond acceptors (Lipinski definition) is 2. The van der Waals surface area contributed by atoms with Crippen molar-refractivity contribution in [3.63, 3.8) is 0 Å². The minimum Gasteiger partial charge on any atom is -0.329 e. The minimum atomic E-state index is 0.942. The standard InChI is InChI=1S/C12H9N3/c1-2-4-11-10(3-1)14-12-13-8-5-6-9(7-8)15(11)12/h1-6H,7H2,(H,13,14). The van der Waals surface area contributed by atoms with Gasteiger partial charge in [-0.3, -0.25) is 4.57 Å². The van der Waals surface area contributed by atoms with E-state index in [9.17, 15) is 0 Å². The molecule has 72 valence electrons. The zero-order chi connectivity index (χ0) is 9.83. The lowest BCUT2D eigenvalue weighted by Gasteiger charge is -2.17. The summed E-state index contributed by atoms with van der Waals surface area (Å²) in [6, 6.07) is 8.23. The first kappa shape index (κ1) is 7.29. The van der Waals surface area contributed by atoms with Crippen LogP contribution in [0.5, 0.6) is 0 Å². The van der Waals surface area contributed by atoms with Crippen molar-refractivity contribution >= 4 is 22.7 Å². The van der Waals surface area contributed by atoms with E-state index in [1.54, 1.807) is 0 Å². The predicted octanol–water partition coefficient (Wildman–Crippen LogP) is 2.59. The molecule has 2 heterocycles. The van der Waals surface area contributed by atoms with Crippen LogP contribution < -0.4 is 5.32 Å². The summed E-state index contributed by atoms with van der Waals surface area (Å²) < 4.78 is 2.20. The number of allylic oxidation sites excluding steroid dienone is 3. The van der Waals surface area contributed by atoms with Gasteiger partial charge in [-0.1, -0.05) is 12.1 Å². The Morgan fingerprint density at radius 1 is 1.20 bits per heavy atom. The Labute approximate surface area is 86.7 Å². The fourth-order valence-electron chi connectivity index (χ4n) is 2.29. The number of benzene rings is 1. The third-order valence-corrected chi connectivity index (χ3v) is 2.97. The summed E-state index contributed by atoms with van der Waals surface area (Å²) in [6.07, 6.45) is 5.28. The molecule has 3 nitrogen and oxygen atoms in total. The number of fused-ring (bicyclic) bond motifs is 6. The summed E-state index contributed by atoms with van der Waals surface area (Å²) in [6.45, 7) is 0. The minimum absolute atomic E-state index is 0.942. The highest BCUT2D eigenvalue weighted by Crippen LogP contribution is 2.35. The second-order valence-electron chi connectivity index (χ2n) is 3.91. The van der Waals surface area contributed by atoms with E-state index in [0.29, 0.717) is 0 Å². The van der Waals surface area contributed by atoms with Gasteiger partial charge in [-0.2, -0.15) is 0 Å². The zero-order valence-electron chi connectivity index (χ0n) is 8.07. The van der Waals surface area contributed by atoms with Gasteiger partial charge in [-0.05, 0) is 24.3 Å². The smallest absolute Gasteiger partial charge is 0.212 e. The number of aromatic nitrogens is 2. The Kier molecular flexibility index (Phi) is 1.12. The van der Waals surface area contributed by atoms with Crippen LogP contribution in [-0.2, 0) is 0 Å². The van der Waals surface area contributed by atoms with Crippen molar-refractivity contribution in [2.24, 2.45) is 0 Å². The zero-order valence-corrected chi connectivity index (χ0v) is 8.07. The van der Waals surface area contributed by atoms with Crippen LogP contribution in [0, 0.1) is 0 Å². The maximum absolute atomic E-state index is 4.56. The van der Waals surface area contributed by atoms with Gasteiger partial charge in [-0.25, -0.2) is 4.98 Å². The second kappa shape index (κ2) is 2.31. The van der Waals surface area contributed by atoms with Gasteiger partial charge < -0.3 is 5.32 Å². The molecule has 0 saturated heterocycles. The first-order valence-corrected chi connectivity index (χ1v) is 5.06. The van der Waals surface area contributed by atoms with Gasteiger partial charge in [0, 0.05) is 17.8 Å². The monoisotopic (exact) mass is 195 g/mol. The molecule has 0 saturated carbocycles. The number of nitrogens with one attached hydrogen (secondary N) is 1. The average Bonchev–Trinajstić information content (AvgIpc) is 2.80. The number of imidazole rings is 1. The Balaban J connectivity index is 2.14. The molecule has 0 fully saturated rings. The molecule has 3 heteroatoms. The molecule has 0 atom stereocenters. The summed E-state index contributed by atoms with van der Waals surface area (Å²) in [5, 5.41) is 3.34. The SMILES string of the molecule is C1=C2CC(=C1)n1c(nc3ccccc31)N2. The predicted molar refractivity (Wildman–Crippen MR) is 60.3 cm³/mol. The van der Waals surface area contributed by atoms with Gasteiger partial charge in [0.1, 0.15) is 0 Å². The quantitative estimate of drug-likeness (QED) is 0.700. The van der Waals surface area contributed by atoms with Gasteiger partial charge in [0.25, 0.3) is 0 Å². The summed E-state index contributed by atoms with van der Waals surface area (Å²) >= 11 is 0. The van der Waals surface area contributed by atoms with Crippen molar-refractivity contribution in [3.05, 3.63) is 42.1 Å². The van der Waals surface area contributed by atoms with Crippen molar-refractivity contribution in [1.29, 1.82) is 0 Å². The van der Waals surface area contributed by atoms with Crippen molar-refractivity contribution in [1.82, 2.24) is 9.55 Å². The number of hydrogen-bond donors (Lipinski definition) is 1. The van der Waals surface area contributed by atoms with Crippen LogP contribution in [0.25, 0.3) is 16.7 Å². The molecular formula is C12H9N3. The highest BCUT2D eigenvalue weighted by atomic mass is 15.2. The fraction of sp³-hybridized carbons (Fsp3) is 0.0833. The molecular weight excluding hydrogens is 186 g/mol. The molecule has 4 rings (SSSR count). The van der Waals surface area contributed by atoms with Crippen molar-refractivity contribution in [3.8, 4) is 0 Å². The Bertz CT molecular complexity index is 631. The molecule has 2 bridgehead atoms. The van der Waals surface area contributed by atoms with E-state index in [0.717, 1.165) is 17.9 Å². The second-order valence-corrected chi connectivity index (χ2v) is 3.91. The highest BCUT2D eigenvalue weighted by Gasteiger charge is 2.23. The van der Waals surface area contributed by atoms with Crippen molar-refractivity contribution in [2.45, 2.75) is 6.42 Å². The van der Waals surface area contributed by atoms with E-state index in [-0.39, 0.29) is 0 Å². The lowest BCUT2D eigenvalue weighted by molar-refractivity contribution is 1.00. The summed E-state index contributed by atoms with van der Waals surface area (Å²) in [5.41, 5.74) is 4.79. The fourth-order valence-corrected chi connectivity index (χ4v) is 2.29. The normalized spacial score (nSPS) is 17.1. The molecule has 0 radical (unpaired) electrons. The molecule has 2 aliphatic rings. The van der Waals surface area contributed by atoms with Crippen LogP contribution in [-0.4, -0.2) is 9.55 Å². The number of nitrogens with zero attached hydrogens (tertiary/aromatic N) is 2. The third kappa shape index (κ3) is 0.825. The van der Waals surface area contributed by atoms with E-state index in [2.05, 4.69) is 39.2 Å². The van der Waals surface area contributed by atoms with Crippen LogP contribution in [0.3, 0.4) is 0 Å². The van der Waals surface area contributed by atoms with Gasteiger partial charge in [0.15, 0.2) is 0 Å². The third-order valence-electron chi connectivity index (χ3n) is 2.97. The van der Waals surface area contributed by atoms with E-state index in [1.165, 1.54) is 16.9 Å². The Morgan fingerprint density at radius 3 is 3.13 bits per heavy atom. The van der Waals surface area contributed by atoms with E-state index in [1.807, 2.05) is 12.1 Å². The molecule has 0 amide bonds. The first-order valence-electron chi connectivity index (χ1n) is 5.06. The summed E-state index contributed by atoms with van der Waals surface area (Å²) in [4.78, 5) is 4.56. The summed E-state index contributed by atoms with van der Waals surface area (Å²) in [5.74, 6) is 0.942. The molecule has 2 aromatic rings. The Morgan fingerprint density at radius 2 is 2.13 bits per heavy atom. The van der Waals surface area contributed by atoms with Crippen LogP contribution in [0.15, 0.2) is 42.1 Å². The number of anilines is 1. The average molecular weight is 195 g/mol. The van der Waals surface area contributed by atoms with Crippen LogP contribution in [0.4, 0.5) is 5.95 Å². The number of rotatable bonds is 0. The summed E-state index contributed by atoms with van der Waals surface area (Å²) in [7, 11) is 0. The topological polar surface area (TPSA) is 29.9 Å². The maximum atomic E-state index is 4.56. The lowest BCUT2D eigenvalue weighted by Crippen LogP contribution is -2.11. The molecule has 1 aliphatic heterocycles. The molecule has 0 unspecified atom stereocenters. The van der Waals surface area contributed by atoms with Crippen LogP contribution in [0.1, 0.15) is 6.42 Å². The van der Waals surface area contributed by atoms with Crippen molar-refractivity contribution < 1.29 is 0 Å². The van der Waals surface area contributed by atoms with E-state index < -0.39 is 0 Å². The van der Waals surface area contributed by atoms with Crippen LogP contribution >= 0.6 is 0 Å². The van der Waals surface area contributed by atoms with Crippen molar-refractivity contribution in [2.75, 3.05) is 5.32 Å². The highest BCUT2D eigenvalue weighted by molar-refractivity contribution is 5.86. The maximum Gasteiger partial charge on any atom is 0.212 e. The van der Waals surface area contributed by atoms with Gasteiger partial charge in [0.2, 0.25) is 5.95 Å². The Hall–Kier alpha value is -2.03. The largest absolute Gasteiger partial charge is 0.329 e. The van der Waals surface area contributed by atoms with Crippen LogP contribution in [0.2, 0.25) is 0 Å². The first-order chi connectivity index (χ1) is 7.42. The number of para-hydroxylation sites is 2. The van der Waals surface area contributed by atoms with Gasteiger partial charge in [-0.15, -0.1) is 0 Å². The van der Waals surface area contributed by atoms with Gasteiger partial charge >= 0.3 is 0 Å². The van der Waals surface area contributed by atoms with E-state index >= 15 is 0 Å². The molecule has 1 N–H and O–H groups in total. The molecule has 1 aliphatic carbocycles. The molecule has 1 aromatic carbocycles. The molecule has 1 aromatic heterocycles. The van der Waals surface area contributed by atoms with Gasteiger partial charge in [0.05, 0.1) is 11.0 Å². The molecule has 0 spiro atoms. The van der Waals surface area contributed by atoms with E-state index in [4.69, 9.17) is 0 Å².